The van der Waals surface area contributed by atoms with E-state index in [-0.39, 0.29) is 17.4 Å². The maximum atomic E-state index is 11.8. The van der Waals surface area contributed by atoms with Gasteiger partial charge in [-0.15, -0.1) is 11.6 Å². The summed E-state index contributed by atoms with van der Waals surface area (Å²) in [6.07, 6.45) is 0. The fourth-order valence-electron chi connectivity index (χ4n) is 1.39. The zero-order valence-electron chi connectivity index (χ0n) is 8.99. The van der Waals surface area contributed by atoms with Crippen LogP contribution in [0.3, 0.4) is 0 Å². The molecule has 5 heteroatoms. The first-order valence-corrected chi connectivity index (χ1v) is 7.68. The number of benzene rings is 1. The number of hydrogen-bond donors (Lipinski definition) is 0. The number of alkyl halides is 1. The van der Waals surface area contributed by atoms with Crippen molar-refractivity contribution in [1.29, 1.82) is 0 Å². The van der Waals surface area contributed by atoms with Gasteiger partial charge in [-0.05, 0) is 17.5 Å². The van der Waals surface area contributed by atoms with Crippen molar-refractivity contribution in [2.75, 3.05) is 11.6 Å². The van der Waals surface area contributed by atoms with E-state index in [4.69, 9.17) is 23.2 Å². The van der Waals surface area contributed by atoms with Crippen molar-refractivity contribution in [3.8, 4) is 0 Å². The predicted molar refractivity (Wildman–Crippen MR) is 68.8 cm³/mol. The van der Waals surface area contributed by atoms with Gasteiger partial charge < -0.3 is 0 Å². The Hall–Kier alpha value is -0.250. The molecule has 0 aliphatic carbocycles. The monoisotopic (exact) mass is 280 g/mol. The molecule has 0 radical (unpaired) electrons. The van der Waals surface area contributed by atoms with Gasteiger partial charge in [0.1, 0.15) is 0 Å². The first-order valence-electron chi connectivity index (χ1n) is 4.94. The minimum absolute atomic E-state index is 0.0199. The van der Waals surface area contributed by atoms with Crippen LogP contribution in [0.25, 0.3) is 0 Å². The van der Waals surface area contributed by atoms with Gasteiger partial charge in [0.2, 0.25) is 0 Å². The minimum Gasteiger partial charge on any atom is -0.228 e. The largest absolute Gasteiger partial charge is 0.228 e. The molecule has 0 bridgehead atoms. The summed E-state index contributed by atoms with van der Waals surface area (Å²) in [5.74, 6) is 0.395. The van der Waals surface area contributed by atoms with Crippen LogP contribution in [0.1, 0.15) is 12.5 Å². The third kappa shape index (κ3) is 4.32. The summed E-state index contributed by atoms with van der Waals surface area (Å²) in [5.41, 5.74) is 0.644. The van der Waals surface area contributed by atoms with Crippen LogP contribution in [-0.2, 0) is 15.6 Å². The molecule has 0 spiro atoms. The van der Waals surface area contributed by atoms with E-state index in [1.807, 2.05) is 6.92 Å². The van der Waals surface area contributed by atoms with Crippen molar-refractivity contribution >= 4 is 33.0 Å². The van der Waals surface area contributed by atoms with Crippen LogP contribution < -0.4 is 0 Å². The van der Waals surface area contributed by atoms with Gasteiger partial charge in [-0.1, -0.05) is 36.7 Å². The lowest BCUT2D eigenvalue weighted by molar-refractivity contribution is 0.582. The van der Waals surface area contributed by atoms with Gasteiger partial charge in [-0.2, -0.15) is 0 Å². The first-order chi connectivity index (χ1) is 7.44. The van der Waals surface area contributed by atoms with Gasteiger partial charge in [0.05, 0.1) is 11.5 Å². The van der Waals surface area contributed by atoms with Crippen molar-refractivity contribution in [3.63, 3.8) is 0 Å². The van der Waals surface area contributed by atoms with E-state index >= 15 is 0 Å². The summed E-state index contributed by atoms with van der Waals surface area (Å²) < 4.78 is 23.6. The van der Waals surface area contributed by atoms with E-state index in [9.17, 15) is 8.42 Å². The fraction of sp³-hybridized carbons (Fsp3) is 0.455. The van der Waals surface area contributed by atoms with Crippen LogP contribution in [0.5, 0.6) is 0 Å². The van der Waals surface area contributed by atoms with Gasteiger partial charge in [0.25, 0.3) is 0 Å². The molecule has 1 aromatic rings. The normalized spacial score (nSPS) is 13.7. The Morgan fingerprint density at radius 3 is 2.50 bits per heavy atom. The van der Waals surface area contributed by atoms with E-state index in [2.05, 4.69) is 0 Å². The second kappa shape index (κ2) is 5.89. The number of rotatable bonds is 5. The Morgan fingerprint density at radius 2 is 1.94 bits per heavy atom. The molecule has 0 aliphatic heterocycles. The summed E-state index contributed by atoms with van der Waals surface area (Å²) in [6.45, 7) is 1.82. The average molecular weight is 281 g/mol. The van der Waals surface area contributed by atoms with E-state index in [1.165, 1.54) is 0 Å². The van der Waals surface area contributed by atoms with Crippen molar-refractivity contribution in [1.82, 2.24) is 0 Å². The highest BCUT2D eigenvalue weighted by atomic mass is 35.5. The summed E-state index contributed by atoms with van der Waals surface area (Å²) in [7, 11) is -3.14. The van der Waals surface area contributed by atoms with Crippen molar-refractivity contribution in [3.05, 3.63) is 34.9 Å². The topological polar surface area (TPSA) is 34.1 Å². The molecule has 0 heterocycles. The first kappa shape index (κ1) is 13.8. The van der Waals surface area contributed by atoms with E-state index < -0.39 is 9.84 Å². The van der Waals surface area contributed by atoms with Crippen LogP contribution >= 0.6 is 23.2 Å². The molecular formula is C11H14Cl2O2S. The standard InChI is InChI=1S/C11H14Cl2O2S/c1-9(6-12)7-16(14,15)8-10-4-2-3-5-11(10)13/h2-5,9H,6-8H2,1H3. The Morgan fingerprint density at radius 1 is 1.31 bits per heavy atom. The molecule has 0 saturated carbocycles. The molecular weight excluding hydrogens is 267 g/mol. The molecule has 0 N–H and O–H groups in total. The van der Waals surface area contributed by atoms with E-state index in [0.717, 1.165) is 0 Å². The lowest BCUT2D eigenvalue weighted by Gasteiger charge is -2.09. The molecule has 16 heavy (non-hydrogen) atoms. The van der Waals surface area contributed by atoms with Gasteiger partial charge in [-0.25, -0.2) is 8.42 Å². The molecule has 1 aromatic carbocycles. The minimum atomic E-state index is -3.14. The number of sulfone groups is 1. The van der Waals surface area contributed by atoms with Gasteiger partial charge in [-0.3, -0.25) is 0 Å². The van der Waals surface area contributed by atoms with E-state index in [1.54, 1.807) is 24.3 Å². The molecule has 0 aromatic heterocycles. The summed E-state index contributed by atoms with van der Waals surface area (Å²) in [4.78, 5) is 0. The van der Waals surface area contributed by atoms with Crippen molar-refractivity contribution in [2.24, 2.45) is 5.92 Å². The Balaban J connectivity index is 2.77. The average Bonchev–Trinajstić information content (AvgIpc) is 2.20. The molecule has 1 rings (SSSR count). The Labute approximate surface area is 106 Å². The maximum absolute atomic E-state index is 11.8. The molecule has 2 nitrogen and oxygen atoms in total. The summed E-state index contributed by atoms with van der Waals surface area (Å²) in [6, 6.07) is 6.98. The second-order valence-corrected chi connectivity index (χ2v) is 6.73. The second-order valence-electron chi connectivity index (χ2n) is 3.91. The molecule has 90 valence electrons. The Kier molecular flexibility index (Phi) is 5.09. The third-order valence-electron chi connectivity index (χ3n) is 2.14. The van der Waals surface area contributed by atoms with Crippen molar-refractivity contribution in [2.45, 2.75) is 12.7 Å². The number of hydrogen-bond acceptors (Lipinski definition) is 2. The lowest BCUT2D eigenvalue weighted by Crippen LogP contribution is -2.16. The van der Waals surface area contributed by atoms with E-state index in [0.29, 0.717) is 16.5 Å². The fourth-order valence-corrected chi connectivity index (χ4v) is 3.74. The molecule has 0 amide bonds. The van der Waals surface area contributed by atoms with Crippen LogP contribution in [0.2, 0.25) is 5.02 Å². The van der Waals surface area contributed by atoms with Crippen LogP contribution in [0, 0.1) is 5.92 Å². The third-order valence-corrected chi connectivity index (χ3v) is 4.86. The van der Waals surface area contributed by atoms with Crippen LogP contribution in [0.4, 0.5) is 0 Å². The van der Waals surface area contributed by atoms with Gasteiger partial charge >= 0.3 is 0 Å². The zero-order chi connectivity index (χ0) is 12.2. The van der Waals surface area contributed by atoms with Crippen molar-refractivity contribution < 1.29 is 8.42 Å². The number of halogens is 2. The smallest absolute Gasteiger partial charge is 0.154 e. The van der Waals surface area contributed by atoms with Crippen LogP contribution in [-0.4, -0.2) is 20.1 Å². The molecule has 0 aliphatic rings. The maximum Gasteiger partial charge on any atom is 0.154 e. The summed E-state index contributed by atoms with van der Waals surface area (Å²) in [5, 5.41) is 0.490. The highest BCUT2D eigenvalue weighted by Gasteiger charge is 2.17. The zero-order valence-corrected chi connectivity index (χ0v) is 11.3. The van der Waals surface area contributed by atoms with Gasteiger partial charge in [0.15, 0.2) is 9.84 Å². The quantitative estimate of drug-likeness (QED) is 0.777. The summed E-state index contributed by atoms with van der Waals surface area (Å²) >= 11 is 11.5. The van der Waals surface area contributed by atoms with Crippen LogP contribution in [0.15, 0.2) is 24.3 Å². The SMILES string of the molecule is CC(CCl)CS(=O)(=O)Cc1ccccc1Cl. The molecule has 0 fully saturated rings. The Bertz CT molecular complexity index is 443. The highest BCUT2D eigenvalue weighted by Crippen LogP contribution is 2.19. The van der Waals surface area contributed by atoms with Gasteiger partial charge in [0, 0.05) is 10.9 Å². The molecule has 1 unspecified atom stereocenters. The lowest BCUT2D eigenvalue weighted by atomic mass is 10.2. The molecule has 0 saturated heterocycles. The molecule has 1 atom stereocenters. The predicted octanol–water partition coefficient (Wildman–Crippen LogP) is 3.13. The highest BCUT2D eigenvalue weighted by molar-refractivity contribution is 7.90.